The van der Waals surface area contributed by atoms with E-state index in [9.17, 15) is 4.79 Å². The molecule has 1 aliphatic rings. The van der Waals surface area contributed by atoms with Gasteiger partial charge in [-0.05, 0) is 43.9 Å². The van der Waals surface area contributed by atoms with Crippen LogP contribution in [0.2, 0.25) is 0 Å². The zero-order valence-corrected chi connectivity index (χ0v) is 12.3. The zero-order chi connectivity index (χ0) is 14.5. The molecule has 4 heteroatoms. The maximum atomic E-state index is 12.0. The van der Waals surface area contributed by atoms with Crippen molar-refractivity contribution in [2.24, 2.45) is 0 Å². The van der Waals surface area contributed by atoms with Crippen LogP contribution >= 0.6 is 0 Å². The average molecular weight is 285 g/mol. The zero-order valence-electron chi connectivity index (χ0n) is 12.3. The van der Waals surface area contributed by atoms with E-state index in [-0.39, 0.29) is 5.91 Å². The Bertz CT molecular complexity index is 599. The first-order valence-corrected chi connectivity index (χ1v) is 7.88. The van der Waals surface area contributed by atoms with Gasteiger partial charge in [0.25, 0.3) is 0 Å². The van der Waals surface area contributed by atoms with Crippen LogP contribution in [0, 0.1) is 0 Å². The molecule has 3 N–H and O–H groups in total. The van der Waals surface area contributed by atoms with Gasteiger partial charge in [-0.15, -0.1) is 0 Å². The number of amides is 1. The van der Waals surface area contributed by atoms with Gasteiger partial charge in [-0.3, -0.25) is 4.79 Å². The van der Waals surface area contributed by atoms with Crippen molar-refractivity contribution in [3.63, 3.8) is 0 Å². The van der Waals surface area contributed by atoms with Gasteiger partial charge in [-0.2, -0.15) is 0 Å². The van der Waals surface area contributed by atoms with Crippen molar-refractivity contribution in [3.8, 4) is 0 Å². The summed E-state index contributed by atoms with van der Waals surface area (Å²) >= 11 is 0. The number of para-hydroxylation sites is 1. The van der Waals surface area contributed by atoms with Crippen LogP contribution in [0.25, 0.3) is 10.9 Å². The van der Waals surface area contributed by atoms with Crippen LogP contribution in [0.15, 0.2) is 30.5 Å². The van der Waals surface area contributed by atoms with Crippen molar-refractivity contribution in [2.45, 2.75) is 38.1 Å². The van der Waals surface area contributed by atoms with Crippen molar-refractivity contribution >= 4 is 16.8 Å². The molecule has 3 rings (SSSR count). The van der Waals surface area contributed by atoms with Gasteiger partial charge in [0.05, 0.1) is 0 Å². The average Bonchev–Trinajstić information content (AvgIpc) is 2.92. The number of hydrogen-bond acceptors (Lipinski definition) is 2. The molecule has 1 aromatic carbocycles. The maximum absolute atomic E-state index is 12.0. The van der Waals surface area contributed by atoms with Gasteiger partial charge in [-0.25, -0.2) is 0 Å². The number of hydrogen-bond donors (Lipinski definition) is 3. The van der Waals surface area contributed by atoms with Crippen molar-refractivity contribution < 1.29 is 4.79 Å². The molecule has 1 fully saturated rings. The van der Waals surface area contributed by atoms with E-state index < -0.39 is 0 Å². The van der Waals surface area contributed by atoms with Gasteiger partial charge < -0.3 is 15.6 Å². The number of carbonyl (C=O) groups is 1. The fraction of sp³-hybridized carbons (Fsp3) is 0.471. The fourth-order valence-electron chi connectivity index (χ4n) is 3.05. The molecule has 0 unspecified atom stereocenters. The summed E-state index contributed by atoms with van der Waals surface area (Å²) in [5.41, 5.74) is 2.47. The molecule has 21 heavy (non-hydrogen) atoms. The number of nitrogens with one attached hydrogen (secondary N) is 3. The van der Waals surface area contributed by atoms with E-state index in [1.807, 2.05) is 6.07 Å². The number of fused-ring (bicyclic) bond motifs is 1. The summed E-state index contributed by atoms with van der Waals surface area (Å²) in [4.78, 5) is 15.2. The summed E-state index contributed by atoms with van der Waals surface area (Å²) in [6.45, 7) is 1.99. The lowest BCUT2D eigenvalue weighted by Crippen LogP contribution is -2.45. The van der Waals surface area contributed by atoms with Crippen LogP contribution in [-0.2, 0) is 11.2 Å². The van der Waals surface area contributed by atoms with E-state index in [0.29, 0.717) is 12.5 Å². The summed E-state index contributed by atoms with van der Waals surface area (Å²) < 4.78 is 0. The molecule has 112 valence electrons. The quantitative estimate of drug-likeness (QED) is 0.790. The molecule has 1 amide bonds. The predicted octanol–water partition coefficient (Wildman–Crippen LogP) is 2.36. The molecule has 0 radical (unpaired) electrons. The van der Waals surface area contributed by atoms with Gasteiger partial charge >= 0.3 is 0 Å². The van der Waals surface area contributed by atoms with Crippen LogP contribution < -0.4 is 10.6 Å². The Morgan fingerprint density at radius 1 is 1.33 bits per heavy atom. The van der Waals surface area contributed by atoms with Gasteiger partial charge in [-0.1, -0.05) is 18.2 Å². The molecule has 2 heterocycles. The van der Waals surface area contributed by atoms with Crippen LogP contribution in [0.1, 0.15) is 31.2 Å². The highest BCUT2D eigenvalue weighted by Gasteiger charge is 2.15. The molecule has 1 atom stereocenters. The summed E-state index contributed by atoms with van der Waals surface area (Å²) in [5.74, 6) is 0.184. The molecule has 4 nitrogen and oxygen atoms in total. The standard InChI is InChI=1S/C17H23N3O/c21-17(20-14-6-4-10-18-12-14)9-3-5-13-11-19-16-8-2-1-7-15(13)16/h1-2,7-8,11,14,18-19H,3-6,9-10,12H2,(H,20,21)/t14-/m1/s1. The molecule has 0 saturated carbocycles. The summed E-state index contributed by atoms with van der Waals surface area (Å²) in [7, 11) is 0. The SMILES string of the molecule is O=C(CCCc1c[nH]c2ccccc12)N[C@@H]1CCCNC1. The van der Waals surface area contributed by atoms with Crippen molar-refractivity contribution in [3.05, 3.63) is 36.0 Å². The maximum Gasteiger partial charge on any atom is 0.220 e. The molecule has 2 aromatic rings. The molecule has 1 aromatic heterocycles. The van der Waals surface area contributed by atoms with E-state index in [4.69, 9.17) is 0 Å². The number of aromatic nitrogens is 1. The first-order valence-electron chi connectivity index (χ1n) is 7.88. The van der Waals surface area contributed by atoms with Gasteiger partial charge in [0.1, 0.15) is 0 Å². The summed E-state index contributed by atoms with van der Waals surface area (Å²) in [6, 6.07) is 8.63. The Balaban J connectivity index is 1.46. The van der Waals surface area contributed by atoms with Crippen molar-refractivity contribution in [1.82, 2.24) is 15.6 Å². The van der Waals surface area contributed by atoms with E-state index in [2.05, 4.69) is 40.0 Å². The van der Waals surface area contributed by atoms with Crippen molar-refractivity contribution in [2.75, 3.05) is 13.1 Å². The van der Waals surface area contributed by atoms with Crippen LogP contribution in [-0.4, -0.2) is 30.0 Å². The van der Waals surface area contributed by atoms with E-state index in [1.54, 1.807) is 0 Å². The van der Waals surface area contributed by atoms with E-state index in [1.165, 1.54) is 16.5 Å². The highest BCUT2D eigenvalue weighted by atomic mass is 16.1. The van der Waals surface area contributed by atoms with Crippen LogP contribution in [0.3, 0.4) is 0 Å². The van der Waals surface area contributed by atoms with Crippen LogP contribution in [0.5, 0.6) is 0 Å². The highest BCUT2D eigenvalue weighted by molar-refractivity contribution is 5.83. The summed E-state index contributed by atoms with van der Waals surface area (Å²) in [6.07, 6.45) is 6.76. The van der Waals surface area contributed by atoms with Gasteiger partial charge in [0.2, 0.25) is 5.91 Å². The Morgan fingerprint density at radius 3 is 3.10 bits per heavy atom. The first-order chi connectivity index (χ1) is 10.3. The largest absolute Gasteiger partial charge is 0.361 e. The lowest BCUT2D eigenvalue weighted by molar-refractivity contribution is -0.122. The minimum Gasteiger partial charge on any atom is -0.361 e. The number of aryl methyl sites for hydroxylation is 1. The highest BCUT2D eigenvalue weighted by Crippen LogP contribution is 2.19. The number of benzene rings is 1. The fourth-order valence-corrected chi connectivity index (χ4v) is 3.05. The number of piperidine rings is 1. The number of carbonyl (C=O) groups excluding carboxylic acids is 1. The third kappa shape index (κ3) is 3.64. The van der Waals surface area contributed by atoms with E-state index in [0.717, 1.165) is 38.8 Å². The third-order valence-corrected chi connectivity index (χ3v) is 4.19. The normalized spacial score (nSPS) is 18.8. The molecule has 1 aliphatic heterocycles. The molecule has 1 saturated heterocycles. The Morgan fingerprint density at radius 2 is 2.24 bits per heavy atom. The minimum atomic E-state index is 0.184. The Hall–Kier alpha value is -1.81. The van der Waals surface area contributed by atoms with Crippen LogP contribution in [0.4, 0.5) is 0 Å². The minimum absolute atomic E-state index is 0.184. The van der Waals surface area contributed by atoms with E-state index >= 15 is 0 Å². The smallest absolute Gasteiger partial charge is 0.220 e. The van der Waals surface area contributed by atoms with Gasteiger partial charge in [0, 0.05) is 36.1 Å². The number of H-pyrrole nitrogens is 1. The monoisotopic (exact) mass is 285 g/mol. The Kier molecular flexibility index (Phi) is 4.55. The molecular weight excluding hydrogens is 262 g/mol. The number of aromatic amines is 1. The number of rotatable bonds is 5. The second-order valence-corrected chi connectivity index (χ2v) is 5.82. The lowest BCUT2D eigenvalue weighted by Gasteiger charge is -2.23. The second kappa shape index (κ2) is 6.76. The lowest BCUT2D eigenvalue weighted by atomic mass is 10.1. The molecule has 0 spiro atoms. The van der Waals surface area contributed by atoms with Crippen molar-refractivity contribution in [1.29, 1.82) is 0 Å². The summed E-state index contributed by atoms with van der Waals surface area (Å²) in [5, 5.41) is 7.72. The predicted molar refractivity (Wildman–Crippen MR) is 85.3 cm³/mol. The third-order valence-electron chi connectivity index (χ3n) is 4.19. The van der Waals surface area contributed by atoms with Gasteiger partial charge in [0.15, 0.2) is 0 Å². The molecular formula is C17H23N3O. The Labute approximate surface area is 125 Å². The molecule has 0 aliphatic carbocycles. The molecule has 0 bridgehead atoms. The topological polar surface area (TPSA) is 56.9 Å². The second-order valence-electron chi connectivity index (χ2n) is 5.82. The first kappa shape index (κ1) is 14.1.